The fourth-order valence-electron chi connectivity index (χ4n) is 2.28. The fourth-order valence-corrected chi connectivity index (χ4v) is 2.28. The van der Waals surface area contributed by atoms with Crippen molar-refractivity contribution in [2.75, 3.05) is 6.54 Å². The van der Waals surface area contributed by atoms with E-state index in [1.807, 2.05) is 0 Å². The quantitative estimate of drug-likeness (QED) is 0.826. The molecule has 0 atom stereocenters. The molecule has 0 aliphatic heterocycles. The third-order valence-corrected chi connectivity index (χ3v) is 3.50. The van der Waals surface area contributed by atoms with Gasteiger partial charge in [0.1, 0.15) is 0 Å². The van der Waals surface area contributed by atoms with Crippen LogP contribution in [0.1, 0.15) is 43.7 Å². The molecular weight excluding hydrogens is 238 g/mol. The lowest BCUT2D eigenvalue weighted by Crippen LogP contribution is -2.34. The number of nitrogens with two attached hydrogens (primary N) is 1. The van der Waals surface area contributed by atoms with Crippen LogP contribution >= 0.6 is 0 Å². The Kier molecular flexibility index (Phi) is 5.96. The lowest BCUT2D eigenvalue weighted by molar-refractivity contribution is 0.0937. The van der Waals surface area contributed by atoms with E-state index in [9.17, 15) is 4.79 Å². The van der Waals surface area contributed by atoms with Gasteiger partial charge in [-0.15, -0.1) is 0 Å². The van der Waals surface area contributed by atoms with Gasteiger partial charge in [0.05, 0.1) is 5.69 Å². The number of hydrogen-bond acceptors (Lipinski definition) is 3. The first-order valence-corrected chi connectivity index (χ1v) is 6.88. The molecule has 1 aromatic heterocycles. The van der Waals surface area contributed by atoms with Gasteiger partial charge in [0.15, 0.2) is 0 Å². The van der Waals surface area contributed by atoms with Crippen molar-refractivity contribution in [1.82, 2.24) is 10.3 Å². The highest BCUT2D eigenvalue weighted by Crippen LogP contribution is 2.19. The van der Waals surface area contributed by atoms with Crippen molar-refractivity contribution in [2.24, 2.45) is 23.5 Å². The molecule has 19 heavy (non-hydrogen) atoms. The summed E-state index contributed by atoms with van der Waals surface area (Å²) in [6, 6.07) is 3.46. The molecule has 1 amide bonds. The molecule has 0 aliphatic rings. The lowest BCUT2D eigenvalue weighted by Gasteiger charge is -2.25. The number of rotatable bonds is 6. The molecule has 106 valence electrons. The van der Waals surface area contributed by atoms with Gasteiger partial charge in [-0.25, -0.2) is 0 Å². The maximum Gasteiger partial charge on any atom is 0.251 e. The summed E-state index contributed by atoms with van der Waals surface area (Å²) in [4.78, 5) is 16.2. The first-order chi connectivity index (χ1) is 8.95. The Labute approximate surface area is 115 Å². The van der Waals surface area contributed by atoms with Gasteiger partial charge in [-0.05, 0) is 29.9 Å². The molecule has 4 heteroatoms. The Morgan fingerprint density at radius 1 is 1.32 bits per heavy atom. The van der Waals surface area contributed by atoms with E-state index in [-0.39, 0.29) is 5.91 Å². The summed E-state index contributed by atoms with van der Waals surface area (Å²) in [5.41, 5.74) is 6.89. The van der Waals surface area contributed by atoms with Gasteiger partial charge in [0.25, 0.3) is 5.91 Å². The summed E-state index contributed by atoms with van der Waals surface area (Å²) in [7, 11) is 0. The Balaban J connectivity index is 2.64. The number of carbonyl (C=O) groups is 1. The van der Waals surface area contributed by atoms with Crippen LogP contribution in [0, 0.1) is 17.8 Å². The van der Waals surface area contributed by atoms with E-state index in [2.05, 4.69) is 38.0 Å². The smallest absolute Gasteiger partial charge is 0.251 e. The van der Waals surface area contributed by atoms with Crippen LogP contribution in [0.15, 0.2) is 18.3 Å². The maximum absolute atomic E-state index is 12.1. The van der Waals surface area contributed by atoms with Gasteiger partial charge in [-0.3, -0.25) is 9.78 Å². The molecular formula is C15H25N3O. The molecule has 0 aromatic carbocycles. The van der Waals surface area contributed by atoms with Crippen molar-refractivity contribution in [3.8, 4) is 0 Å². The van der Waals surface area contributed by atoms with Crippen molar-refractivity contribution < 1.29 is 4.79 Å². The molecule has 0 aliphatic carbocycles. The Morgan fingerprint density at radius 3 is 2.47 bits per heavy atom. The molecule has 1 aromatic rings. The topological polar surface area (TPSA) is 68.0 Å². The number of amides is 1. The van der Waals surface area contributed by atoms with Crippen molar-refractivity contribution in [3.63, 3.8) is 0 Å². The third kappa shape index (κ3) is 4.63. The second-order valence-corrected chi connectivity index (χ2v) is 5.60. The zero-order chi connectivity index (χ0) is 14.4. The van der Waals surface area contributed by atoms with Crippen LogP contribution in [0.2, 0.25) is 0 Å². The highest BCUT2D eigenvalue weighted by atomic mass is 16.1. The van der Waals surface area contributed by atoms with Gasteiger partial charge in [-0.1, -0.05) is 27.7 Å². The van der Waals surface area contributed by atoms with Crippen molar-refractivity contribution in [3.05, 3.63) is 29.6 Å². The molecule has 0 fully saturated rings. The van der Waals surface area contributed by atoms with Crippen LogP contribution in [0.4, 0.5) is 0 Å². The van der Waals surface area contributed by atoms with Crippen LogP contribution in [-0.4, -0.2) is 17.4 Å². The Hall–Kier alpha value is -1.42. The van der Waals surface area contributed by atoms with E-state index < -0.39 is 0 Å². The predicted octanol–water partition coefficient (Wildman–Crippen LogP) is 2.20. The first-order valence-electron chi connectivity index (χ1n) is 6.88. The van der Waals surface area contributed by atoms with Gasteiger partial charge in [-0.2, -0.15) is 0 Å². The van der Waals surface area contributed by atoms with Crippen LogP contribution in [0.25, 0.3) is 0 Å². The number of nitrogens with one attached hydrogen (secondary N) is 1. The van der Waals surface area contributed by atoms with Gasteiger partial charge in [0.2, 0.25) is 0 Å². The molecule has 0 saturated heterocycles. The van der Waals surface area contributed by atoms with E-state index in [0.29, 0.717) is 36.4 Å². The van der Waals surface area contributed by atoms with Crippen molar-refractivity contribution >= 4 is 5.91 Å². The fraction of sp³-hybridized carbons (Fsp3) is 0.600. The summed E-state index contributed by atoms with van der Waals surface area (Å²) < 4.78 is 0. The van der Waals surface area contributed by atoms with Gasteiger partial charge < -0.3 is 11.1 Å². The third-order valence-electron chi connectivity index (χ3n) is 3.50. The average Bonchev–Trinajstić information content (AvgIpc) is 2.38. The zero-order valence-electron chi connectivity index (χ0n) is 12.3. The van der Waals surface area contributed by atoms with Crippen LogP contribution < -0.4 is 11.1 Å². The number of hydrogen-bond donors (Lipinski definition) is 2. The SMILES string of the molecule is CC(C)C(CNC(=O)c1ccnc(CN)c1)C(C)C. The minimum atomic E-state index is -0.0524. The number of carbonyl (C=O) groups excluding carboxylic acids is 1. The zero-order valence-corrected chi connectivity index (χ0v) is 12.3. The lowest BCUT2D eigenvalue weighted by atomic mass is 9.85. The van der Waals surface area contributed by atoms with E-state index in [1.165, 1.54) is 0 Å². The average molecular weight is 263 g/mol. The van der Waals surface area contributed by atoms with E-state index >= 15 is 0 Å². The Morgan fingerprint density at radius 2 is 1.95 bits per heavy atom. The van der Waals surface area contributed by atoms with Crippen LogP contribution in [-0.2, 0) is 6.54 Å². The molecule has 1 rings (SSSR count). The second-order valence-electron chi connectivity index (χ2n) is 5.60. The molecule has 0 bridgehead atoms. The van der Waals surface area contributed by atoms with Crippen LogP contribution in [0.5, 0.6) is 0 Å². The minimum Gasteiger partial charge on any atom is -0.352 e. The second kappa shape index (κ2) is 7.24. The van der Waals surface area contributed by atoms with E-state index in [1.54, 1.807) is 18.3 Å². The van der Waals surface area contributed by atoms with Crippen molar-refractivity contribution in [2.45, 2.75) is 34.2 Å². The number of pyridine rings is 1. The van der Waals surface area contributed by atoms with E-state index in [4.69, 9.17) is 5.73 Å². The molecule has 1 heterocycles. The predicted molar refractivity (Wildman–Crippen MR) is 77.6 cm³/mol. The Bertz CT molecular complexity index is 408. The highest BCUT2D eigenvalue weighted by molar-refractivity contribution is 5.94. The first kappa shape index (κ1) is 15.6. The molecule has 0 unspecified atom stereocenters. The minimum absolute atomic E-state index is 0.0524. The normalized spacial score (nSPS) is 11.4. The largest absolute Gasteiger partial charge is 0.352 e. The molecule has 4 nitrogen and oxygen atoms in total. The van der Waals surface area contributed by atoms with Crippen molar-refractivity contribution in [1.29, 1.82) is 0 Å². The molecule has 0 radical (unpaired) electrons. The monoisotopic (exact) mass is 263 g/mol. The summed E-state index contributed by atoms with van der Waals surface area (Å²) in [6.45, 7) is 9.81. The molecule has 0 saturated carbocycles. The number of aromatic nitrogens is 1. The van der Waals surface area contributed by atoms with Gasteiger partial charge in [0, 0.05) is 24.8 Å². The van der Waals surface area contributed by atoms with Gasteiger partial charge >= 0.3 is 0 Å². The standard InChI is InChI=1S/C15H25N3O/c1-10(2)14(11(3)4)9-18-15(19)12-5-6-17-13(7-12)8-16/h5-7,10-11,14H,8-9,16H2,1-4H3,(H,18,19). The molecule has 3 N–H and O–H groups in total. The summed E-state index contributed by atoms with van der Waals surface area (Å²) >= 11 is 0. The molecule has 0 spiro atoms. The maximum atomic E-state index is 12.1. The summed E-state index contributed by atoms with van der Waals surface area (Å²) in [6.07, 6.45) is 1.62. The highest BCUT2D eigenvalue weighted by Gasteiger charge is 2.18. The summed E-state index contributed by atoms with van der Waals surface area (Å²) in [5, 5.41) is 3.01. The van der Waals surface area contributed by atoms with E-state index in [0.717, 1.165) is 5.69 Å². The number of nitrogens with zero attached hydrogens (tertiary/aromatic N) is 1. The van der Waals surface area contributed by atoms with Crippen LogP contribution in [0.3, 0.4) is 0 Å². The summed E-state index contributed by atoms with van der Waals surface area (Å²) in [5.74, 6) is 1.54.